The van der Waals surface area contributed by atoms with Crippen LogP contribution in [0.3, 0.4) is 0 Å². The van der Waals surface area contributed by atoms with E-state index in [1.807, 2.05) is 43.0 Å². The van der Waals surface area contributed by atoms with Gasteiger partial charge in [0.15, 0.2) is 0 Å². The quantitative estimate of drug-likeness (QED) is 0.0867. The smallest absolute Gasteiger partial charge is 0.423 e. The minimum Gasteiger partial charge on any atom is -0.423 e. The van der Waals surface area contributed by atoms with E-state index >= 15 is 0 Å². The Bertz CT molecular complexity index is 3030. The van der Waals surface area contributed by atoms with E-state index in [9.17, 15) is 18.6 Å². The van der Waals surface area contributed by atoms with Gasteiger partial charge in [0.25, 0.3) is 11.8 Å². The maximum Gasteiger partial charge on any atom is 0.491 e. The number of fused-ring (bicyclic) bond motifs is 5. The zero-order valence-electron chi connectivity index (χ0n) is 52.0. The molecule has 2 aliphatic heterocycles. The molecule has 1 amide bonds. The van der Waals surface area contributed by atoms with E-state index in [0.29, 0.717) is 35.2 Å². The SMILES string of the molecule is CC(C)c1cnc2c(c1)C(C)CC2.CC(C)c1cnc2c(c1)C(N)CC2.CC(C)c1cnc2c(c1)CN(Cc1ccc(C(=O)NCC(F)(F)CN)cc1)CC2.CC1Cc2cc(C(C)C)cnc2C1.CCC1OB(O)c2ccc(C(C)C)cc21. The number of pyridine rings is 4. The van der Waals surface area contributed by atoms with Crippen LogP contribution in [0.5, 0.6) is 0 Å². The van der Waals surface area contributed by atoms with Crippen molar-refractivity contribution in [3.8, 4) is 0 Å². The Labute approximate surface area is 495 Å². The lowest BCUT2D eigenvalue weighted by Crippen LogP contribution is -2.41. The zero-order valence-corrected chi connectivity index (χ0v) is 52.0. The number of hydrogen-bond donors (Lipinski definition) is 4. The van der Waals surface area contributed by atoms with Gasteiger partial charge in [-0.05, 0) is 165 Å². The summed E-state index contributed by atoms with van der Waals surface area (Å²) in [6, 6.07) is 22.7. The minimum atomic E-state index is -3.09. The molecular weight excluding hydrogens is 1040 g/mol. The van der Waals surface area contributed by atoms with E-state index in [-0.39, 0.29) is 12.1 Å². The number of amides is 1. The summed E-state index contributed by atoms with van der Waals surface area (Å²) in [6.45, 7) is 29.6. The lowest BCUT2D eigenvalue weighted by molar-refractivity contribution is 0.0118. The molecule has 83 heavy (non-hydrogen) atoms. The van der Waals surface area contributed by atoms with Crippen molar-refractivity contribution in [2.45, 2.75) is 208 Å². The van der Waals surface area contributed by atoms with Gasteiger partial charge in [0.1, 0.15) is 0 Å². The van der Waals surface area contributed by atoms with Crippen LogP contribution in [0.15, 0.2) is 91.5 Å². The summed E-state index contributed by atoms with van der Waals surface area (Å²) < 4.78 is 31.8. The number of aryl methyl sites for hydroxylation is 2. The number of carbonyl (C=O) groups excluding carboxylic acids is 1. The molecule has 0 saturated heterocycles. The first kappa shape index (κ1) is 64.8. The average molecular weight is 1130 g/mol. The summed E-state index contributed by atoms with van der Waals surface area (Å²) in [7, 11) is -0.730. The fourth-order valence-corrected chi connectivity index (χ4v) is 11.3. The van der Waals surface area contributed by atoms with E-state index in [1.54, 1.807) is 12.1 Å². The first-order valence-corrected chi connectivity index (χ1v) is 30.8. The maximum absolute atomic E-state index is 13.2. The molecule has 11 rings (SSSR count). The van der Waals surface area contributed by atoms with Gasteiger partial charge in [0.2, 0.25) is 0 Å². The molecule has 0 fully saturated rings. The van der Waals surface area contributed by atoms with Crippen molar-refractivity contribution in [1.82, 2.24) is 30.2 Å². The number of hydrogen-bond acceptors (Lipinski definition) is 10. The Kier molecular flexibility index (Phi) is 22.9. The number of nitrogens with one attached hydrogen (secondary N) is 1. The van der Waals surface area contributed by atoms with Gasteiger partial charge in [0.05, 0.1) is 19.2 Å². The Morgan fingerprint density at radius 1 is 0.687 bits per heavy atom. The Hall–Kier alpha value is -5.77. The van der Waals surface area contributed by atoms with Gasteiger partial charge in [-0.1, -0.05) is 145 Å². The number of rotatable bonds is 12. The molecule has 6 aromatic rings. The van der Waals surface area contributed by atoms with Crippen molar-refractivity contribution in [1.29, 1.82) is 0 Å². The van der Waals surface area contributed by atoms with E-state index in [1.165, 1.54) is 98.5 Å². The molecule has 0 spiro atoms. The molecule has 0 radical (unpaired) electrons. The molecule has 446 valence electrons. The second kappa shape index (κ2) is 29.4. The van der Waals surface area contributed by atoms with Crippen molar-refractivity contribution in [2.75, 3.05) is 19.6 Å². The number of aromatic nitrogens is 4. The molecule has 4 aromatic heterocycles. The molecular formula is C69H95BF2N8O3. The van der Waals surface area contributed by atoms with E-state index in [4.69, 9.17) is 16.1 Å². The fraction of sp³-hybridized carbons (Fsp3) is 0.522. The number of nitrogens with zero attached hydrogens (tertiary/aromatic N) is 5. The third-order valence-corrected chi connectivity index (χ3v) is 17.0. The molecule has 6 heterocycles. The Morgan fingerprint density at radius 3 is 1.81 bits per heavy atom. The molecule has 4 unspecified atom stereocenters. The average Bonchev–Trinajstić information content (AvgIpc) is 4.27. The number of nitrogens with two attached hydrogens (primary N) is 2. The van der Waals surface area contributed by atoms with Crippen LogP contribution in [0, 0.1) is 5.92 Å². The van der Waals surface area contributed by atoms with Crippen molar-refractivity contribution in [3.05, 3.63) is 181 Å². The Balaban J connectivity index is 0.000000157. The molecule has 3 aliphatic carbocycles. The highest BCUT2D eigenvalue weighted by atomic mass is 19.3. The number of alkyl halides is 2. The van der Waals surface area contributed by atoms with Crippen LogP contribution < -0.4 is 22.2 Å². The summed E-state index contributed by atoms with van der Waals surface area (Å²) in [5.74, 6) is 0.627. The Morgan fingerprint density at radius 2 is 1.22 bits per heavy atom. The van der Waals surface area contributed by atoms with Crippen molar-refractivity contribution in [2.24, 2.45) is 17.4 Å². The summed E-state index contributed by atoms with van der Waals surface area (Å²) in [5.41, 5.74) is 31.7. The topological polar surface area (TPSA) is 165 Å². The molecule has 11 nitrogen and oxygen atoms in total. The lowest BCUT2D eigenvalue weighted by Gasteiger charge is -2.28. The van der Waals surface area contributed by atoms with Crippen LogP contribution in [0.1, 0.15) is 251 Å². The van der Waals surface area contributed by atoms with E-state index in [2.05, 4.69) is 157 Å². The van der Waals surface area contributed by atoms with Gasteiger partial charge in [-0.2, -0.15) is 0 Å². The van der Waals surface area contributed by atoms with Gasteiger partial charge in [0, 0.05) is 85.2 Å². The second-order valence-electron chi connectivity index (χ2n) is 25.4. The zero-order chi connectivity index (χ0) is 60.3. The lowest BCUT2D eigenvalue weighted by atomic mass is 9.78. The minimum absolute atomic E-state index is 0.0636. The molecule has 4 atom stereocenters. The molecule has 5 aliphatic rings. The molecule has 0 bridgehead atoms. The van der Waals surface area contributed by atoms with Crippen molar-refractivity contribution < 1.29 is 23.3 Å². The first-order chi connectivity index (χ1) is 39.4. The van der Waals surface area contributed by atoms with Crippen LogP contribution in [-0.2, 0) is 49.8 Å². The highest BCUT2D eigenvalue weighted by molar-refractivity contribution is 6.61. The number of carbonyl (C=O) groups is 1. The summed E-state index contributed by atoms with van der Waals surface area (Å²) in [5, 5.41) is 11.9. The van der Waals surface area contributed by atoms with Gasteiger partial charge in [-0.25, -0.2) is 8.78 Å². The highest BCUT2D eigenvalue weighted by Crippen LogP contribution is 2.34. The van der Waals surface area contributed by atoms with Crippen LogP contribution in [0.25, 0.3) is 0 Å². The standard InChI is InChI=1S/C22H28F2N4O.C12H17BO2.2C12H17N.C11H16N2/c1-15(2)18-9-19-12-28(8-7-20(19)26-10-18)11-16-3-5-17(6-4-16)21(29)27-14-22(23,24)13-25;1-4-12-10-7-9(8(2)3)5-6-11(10)13(14)15-12;1-8(2)11-6-10-4-9(3)5-12(10)13-7-11;1-8(2)10-6-11-9(3)4-5-12(11)13-7-10;1-7(2)8-5-9-10(12)3-4-11(9)13-6-8/h3-6,9-10,15H,7-8,11-14,25H2,1-2H3,(H,27,29);5-8,12,14H,4H2,1-3H3;2*6-9H,4-5H2,1-3H3;5-7,10H,3-4,12H2,1-2H3. The molecule has 14 heteroatoms. The predicted octanol–water partition coefficient (Wildman–Crippen LogP) is 13.4. The van der Waals surface area contributed by atoms with E-state index < -0.39 is 32.0 Å². The van der Waals surface area contributed by atoms with Crippen molar-refractivity contribution in [3.63, 3.8) is 0 Å². The third-order valence-electron chi connectivity index (χ3n) is 17.0. The van der Waals surface area contributed by atoms with Gasteiger partial charge in [-0.3, -0.25) is 29.6 Å². The molecule has 6 N–H and O–H groups in total. The number of halogens is 2. The third kappa shape index (κ3) is 17.4. The first-order valence-electron chi connectivity index (χ1n) is 30.8. The summed E-state index contributed by atoms with van der Waals surface area (Å²) >= 11 is 0. The van der Waals surface area contributed by atoms with Gasteiger partial charge in [-0.15, -0.1) is 0 Å². The largest absolute Gasteiger partial charge is 0.491 e. The van der Waals surface area contributed by atoms with Crippen LogP contribution in [0.4, 0.5) is 8.78 Å². The summed E-state index contributed by atoms with van der Waals surface area (Å²) in [6.07, 6.45) is 16.9. The number of benzene rings is 2. The maximum atomic E-state index is 13.2. The molecule has 2 aromatic carbocycles. The monoisotopic (exact) mass is 1130 g/mol. The predicted molar refractivity (Wildman–Crippen MR) is 335 cm³/mol. The van der Waals surface area contributed by atoms with Gasteiger partial charge < -0.3 is 26.5 Å². The van der Waals surface area contributed by atoms with Crippen LogP contribution >= 0.6 is 0 Å². The second-order valence-corrected chi connectivity index (χ2v) is 25.4. The van der Waals surface area contributed by atoms with Crippen molar-refractivity contribution >= 4 is 18.5 Å². The highest BCUT2D eigenvalue weighted by Gasteiger charge is 2.34. The van der Waals surface area contributed by atoms with E-state index in [0.717, 1.165) is 73.7 Å². The van der Waals surface area contributed by atoms with Crippen LogP contribution in [0.2, 0.25) is 0 Å². The fourth-order valence-electron chi connectivity index (χ4n) is 11.3. The summed E-state index contributed by atoms with van der Waals surface area (Å²) in [4.78, 5) is 32.5. The normalized spacial score (nSPS) is 18.5. The van der Waals surface area contributed by atoms with Gasteiger partial charge >= 0.3 is 7.12 Å². The van der Waals surface area contributed by atoms with Crippen LogP contribution in [-0.4, -0.2) is 68.4 Å². The molecule has 0 saturated carbocycles.